The molecule has 2 aromatic heterocycles. The minimum absolute atomic E-state index is 0.215. The standard InChI is InChI=1S/C20H20N4OS/c1-2-24-15-8-7-13(10-12(15)6-9-17(24)25)23-19-18-14-4-3-5-16(14)26-20(18)22-11-21-19/h7-8,10-11H,2-6,9H2,1H3,(H,21,22,23). The number of aryl methyl sites for hydroxylation is 3. The maximum atomic E-state index is 12.1. The lowest BCUT2D eigenvalue weighted by Crippen LogP contribution is -2.34. The molecule has 1 amide bonds. The quantitative estimate of drug-likeness (QED) is 0.756. The van der Waals surface area contributed by atoms with Gasteiger partial charge < -0.3 is 10.2 Å². The number of rotatable bonds is 3. The molecule has 0 unspecified atom stereocenters. The molecule has 0 saturated heterocycles. The summed E-state index contributed by atoms with van der Waals surface area (Å²) in [5, 5.41) is 4.70. The predicted molar refractivity (Wildman–Crippen MR) is 106 cm³/mol. The van der Waals surface area contributed by atoms with Gasteiger partial charge in [-0.05, 0) is 61.9 Å². The van der Waals surface area contributed by atoms with E-state index in [-0.39, 0.29) is 5.91 Å². The number of aromatic nitrogens is 2. The van der Waals surface area contributed by atoms with E-state index in [4.69, 9.17) is 0 Å². The minimum Gasteiger partial charge on any atom is -0.340 e. The van der Waals surface area contributed by atoms with E-state index in [1.807, 2.05) is 17.9 Å². The number of nitrogens with zero attached hydrogens (tertiary/aromatic N) is 3. The van der Waals surface area contributed by atoms with Gasteiger partial charge >= 0.3 is 0 Å². The molecule has 26 heavy (non-hydrogen) atoms. The Kier molecular flexibility index (Phi) is 3.67. The Morgan fingerprint density at radius 3 is 3.00 bits per heavy atom. The van der Waals surface area contributed by atoms with Gasteiger partial charge in [0.1, 0.15) is 17.0 Å². The summed E-state index contributed by atoms with van der Waals surface area (Å²) in [5.41, 5.74) is 4.71. The van der Waals surface area contributed by atoms with Crippen molar-refractivity contribution in [3.63, 3.8) is 0 Å². The van der Waals surface area contributed by atoms with Crippen LogP contribution in [0.15, 0.2) is 24.5 Å². The highest BCUT2D eigenvalue weighted by molar-refractivity contribution is 7.19. The third kappa shape index (κ3) is 2.40. The number of nitrogens with one attached hydrogen (secondary N) is 1. The molecule has 0 radical (unpaired) electrons. The summed E-state index contributed by atoms with van der Waals surface area (Å²) in [6, 6.07) is 6.25. The van der Waals surface area contributed by atoms with Gasteiger partial charge in [0.15, 0.2) is 0 Å². The number of thiophene rings is 1. The van der Waals surface area contributed by atoms with Crippen molar-refractivity contribution < 1.29 is 4.79 Å². The van der Waals surface area contributed by atoms with E-state index < -0.39 is 0 Å². The van der Waals surface area contributed by atoms with Crippen LogP contribution in [-0.2, 0) is 24.1 Å². The number of carbonyl (C=O) groups is 1. The third-order valence-electron chi connectivity index (χ3n) is 5.36. The van der Waals surface area contributed by atoms with Crippen LogP contribution in [0.25, 0.3) is 10.2 Å². The van der Waals surface area contributed by atoms with Crippen LogP contribution in [-0.4, -0.2) is 22.4 Å². The van der Waals surface area contributed by atoms with Gasteiger partial charge in [-0.25, -0.2) is 9.97 Å². The highest BCUT2D eigenvalue weighted by Gasteiger charge is 2.24. The van der Waals surface area contributed by atoms with E-state index >= 15 is 0 Å². The monoisotopic (exact) mass is 364 g/mol. The van der Waals surface area contributed by atoms with Gasteiger partial charge in [-0.15, -0.1) is 11.3 Å². The maximum absolute atomic E-state index is 12.1. The largest absolute Gasteiger partial charge is 0.340 e. The second kappa shape index (κ2) is 6.06. The third-order valence-corrected chi connectivity index (χ3v) is 6.56. The van der Waals surface area contributed by atoms with Gasteiger partial charge in [-0.3, -0.25) is 4.79 Å². The molecular weight excluding hydrogens is 344 g/mol. The SMILES string of the molecule is CCN1C(=O)CCc2cc(Nc3ncnc4sc5c(c34)CCC5)ccc21. The lowest BCUT2D eigenvalue weighted by Gasteiger charge is -2.28. The molecule has 0 atom stereocenters. The first-order chi connectivity index (χ1) is 12.7. The van der Waals surface area contributed by atoms with E-state index in [1.165, 1.54) is 27.8 Å². The molecule has 0 fully saturated rings. The van der Waals surface area contributed by atoms with Crippen molar-refractivity contribution in [2.75, 3.05) is 16.8 Å². The minimum atomic E-state index is 0.215. The van der Waals surface area contributed by atoms with Crippen molar-refractivity contribution in [3.8, 4) is 0 Å². The Morgan fingerprint density at radius 1 is 1.19 bits per heavy atom. The van der Waals surface area contributed by atoms with Gasteiger partial charge in [0.25, 0.3) is 0 Å². The normalized spacial score (nSPS) is 16.0. The fraction of sp³-hybridized carbons (Fsp3) is 0.350. The van der Waals surface area contributed by atoms with Crippen LogP contribution >= 0.6 is 11.3 Å². The highest BCUT2D eigenvalue weighted by Crippen LogP contribution is 2.40. The fourth-order valence-electron chi connectivity index (χ4n) is 4.14. The van der Waals surface area contributed by atoms with Gasteiger partial charge in [0.05, 0.1) is 5.39 Å². The Bertz CT molecular complexity index is 1030. The number of anilines is 3. The molecule has 6 heteroatoms. The summed E-state index contributed by atoms with van der Waals surface area (Å²) in [6.45, 7) is 2.74. The van der Waals surface area contributed by atoms with Gasteiger partial charge in [-0.2, -0.15) is 0 Å². The Labute approximate surface area is 156 Å². The molecule has 0 bridgehead atoms. The number of hydrogen-bond donors (Lipinski definition) is 1. The summed E-state index contributed by atoms with van der Waals surface area (Å²) < 4.78 is 0. The molecule has 1 aliphatic heterocycles. The van der Waals surface area contributed by atoms with Crippen LogP contribution < -0.4 is 10.2 Å². The fourth-order valence-corrected chi connectivity index (χ4v) is 5.37. The zero-order valence-electron chi connectivity index (χ0n) is 14.7. The molecule has 1 aromatic carbocycles. The van der Waals surface area contributed by atoms with Crippen molar-refractivity contribution in [3.05, 3.63) is 40.5 Å². The summed E-state index contributed by atoms with van der Waals surface area (Å²) in [5.74, 6) is 1.11. The Hall–Kier alpha value is -2.47. The smallest absolute Gasteiger partial charge is 0.227 e. The zero-order chi connectivity index (χ0) is 17.7. The van der Waals surface area contributed by atoms with E-state index in [2.05, 4.69) is 27.4 Å². The van der Waals surface area contributed by atoms with Crippen molar-refractivity contribution in [1.29, 1.82) is 0 Å². The molecular formula is C20H20N4OS. The van der Waals surface area contributed by atoms with E-state index in [1.54, 1.807) is 17.7 Å². The number of hydrogen-bond acceptors (Lipinski definition) is 5. The van der Waals surface area contributed by atoms with Crippen LogP contribution in [0.2, 0.25) is 0 Å². The second-order valence-corrected chi connectivity index (χ2v) is 7.95. The molecule has 3 aromatic rings. The molecule has 0 saturated carbocycles. The highest BCUT2D eigenvalue weighted by atomic mass is 32.1. The topological polar surface area (TPSA) is 58.1 Å². The van der Waals surface area contributed by atoms with Crippen LogP contribution in [0, 0.1) is 0 Å². The van der Waals surface area contributed by atoms with Crippen molar-refractivity contribution in [2.45, 2.75) is 39.0 Å². The first-order valence-corrected chi connectivity index (χ1v) is 10.0. The van der Waals surface area contributed by atoms with E-state index in [9.17, 15) is 4.79 Å². The average molecular weight is 364 g/mol. The summed E-state index contributed by atoms with van der Waals surface area (Å²) >= 11 is 1.80. The molecule has 0 spiro atoms. The van der Waals surface area contributed by atoms with Crippen LogP contribution in [0.4, 0.5) is 17.2 Å². The molecule has 2 aliphatic rings. The number of carbonyl (C=O) groups excluding carboxylic acids is 1. The molecule has 3 heterocycles. The molecule has 1 N–H and O–H groups in total. The van der Waals surface area contributed by atoms with Crippen LogP contribution in [0.5, 0.6) is 0 Å². The number of fused-ring (bicyclic) bond motifs is 4. The lowest BCUT2D eigenvalue weighted by molar-refractivity contribution is -0.118. The summed E-state index contributed by atoms with van der Waals surface area (Å²) in [6.07, 6.45) is 6.54. The Morgan fingerprint density at radius 2 is 2.12 bits per heavy atom. The zero-order valence-corrected chi connectivity index (χ0v) is 15.5. The second-order valence-electron chi connectivity index (χ2n) is 6.87. The van der Waals surface area contributed by atoms with E-state index in [0.717, 1.165) is 41.3 Å². The van der Waals surface area contributed by atoms with Crippen LogP contribution in [0.1, 0.15) is 35.8 Å². The molecule has 5 nitrogen and oxygen atoms in total. The maximum Gasteiger partial charge on any atom is 0.227 e. The number of benzene rings is 1. The van der Waals surface area contributed by atoms with Gasteiger partial charge in [0.2, 0.25) is 5.91 Å². The number of amides is 1. The first-order valence-electron chi connectivity index (χ1n) is 9.20. The van der Waals surface area contributed by atoms with Crippen LogP contribution in [0.3, 0.4) is 0 Å². The molecule has 5 rings (SSSR count). The average Bonchev–Trinajstić information content (AvgIpc) is 3.23. The van der Waals surface area contributed by atoms with E-state index in [0.29, 0.717) is 13.0 Å². The molecule has 132 valence electrons. The lowest BCUT2D eigenvalue weighted by atomic mass is 10.0. The first kappa shape index (κ1) is 15.8. The van der Waals surface area contributed by atoms with Gasteiger partial charge in [-0.1, -0.05) is 0 Å². The van der Waals surface area contributed by atoms with Crippen molar-refractivity contribution in [2.24, 2.45) is 0 Å². The summed E-state index contributed by atoms with van der Waals surface area (Å²) in [4.78, 5) is 25.5. The predicted octanol–water partition coefficient (Wildman–Crippen LogP) is 4.22. The van der Waals surface area contributed by atoms with Crippen molar-refractivity contribution >= 4 is 44.7 Å². The molecule has 1 aliphatic carbocycles. The van der Waals surface area contributed by atoms with Crippen molar-refractivity contribution in [1.82, 2.24) is 9.97 Å². The Balaban J connectivity index is 1.53. The van der Waals surface area contributed by atoms with Gasteiger partial charge in [0, 0.05) is 29.2 Å². The summed E-state index contributed by atoms with van der Waals surface area (Å²) in [7, 11) is 0.